The van der Waals surface area contributed by atoms with Gasteiger partial charge in [0.05, 0.1) is 15.2 Å². The van der Waals surface area contributed by atoms with Crippen LogP contribution in [0, 0.1) is 5.92 Å². The van der Waals surface area contributed by atoms with Crippen LogP contribution in [0.4, 0.5) is 0 Å². The third-order valence-electron chi connectivity index (χ3n) is 4.02. The van der Waals surface area contributed by atoms with E-state index >= 15 is 0 Å². The second-order valence-electron chi connectivity index (χ2n) is 5.69. The van der Waals surface area contributed by atoms with Crippen LogP contribution in [0.15, 0.2) is 24.3 Å². The maximum Gasteiger partial charge on any atom is 0.223 e. The lowest BCUT2D eigenvalue weighted by atomic mass is 9.97. The van der Waals surface area contributed by atoms with E-state index in [9.17, 15) is 4.79 Å². The molecule has 0 radical (unpaired) electrons. The van der Waals surface area contributed by atoms with Crippen LogP contribution in [0.5, 0.6) is 0 Å². The highest BCUT2D eigenvalue weighted by Crippen LogP contribution is 2.27. The van der Waals surface area contributed by atoms with Crippen molar-refractivity contribution in [1.82, 2.24) is 15.6 Å². The molecule has 112 valence electrons. The molecule has 1 aromatic carbocycles. The number of nitrogens with one attached hydrogen (secondary N) is 2. The summed E-state index contributed by atoms with van der Waals surface area (Å²) in [6.07, 6.45) is 1.89. The fourth-order valence-corrected chi connectivity index (χ4v) is 3.69. The molecule has 4 nitrogen and oxygen atoms in total. The fraction of sp³-hybridized carbons (Fsp3) is 0.500. The minimum atomic E-state index is 0.175. The lowest BCUT2D eigenvalue weighted by Gasteiger charge is -2.22. The molecule has 1 aliphatic rings. The average molecular weight is 303 g/mol. The summed E-state index contributed by atoms with van der Waals surface area (Å²) in [6, 6.07) is 8.18. The molecule has 2 heterocycles. The summed E-state index contributed by atoms with van der Waals surface area (Å²) in [7, 11) is 0. The first-order chi connectivity index (χ1) is 10.2. The molecule has 1 atom stereocenters. The second kappa shape index (κ2) is 6.54. The second-order valence-corrected chi connectivity index (χ2v) is 6.75. The van der Waals surface area contributed by atoms with Crippen LogP contribution in [0.3, 0.4) is 0 Å². The molecule has 0 bridgehead atoms. The van der Waals surface area contributed by atoms with Gasteiger partial charge in [0.15, 0.2) is 0 Å². The molecular weight excluding hydrogens is 282 g/mol. The number of fused-ring (bicyclic) bond motifs is 1. The monoisotopic (exact) mass is 303 g/mol. The van der Waals surface area contributed by atoms with Gasteiger partial charge in [0.1, 0.15) is 0 Å². The van der Waals surface area contributed by atoms with Gasteiger partial charge in [-0.05, 0) is 38.1 Å². The number of hydrogen-bond donors (Lipinski definition) is 2. The number of piperidine rings is 1. The Bertz CT molecular complexity index is 586. The molecule has 5 heteroatoms. The summed E-state index contributed by atoms with van der Waals surface area (Å²) < 4.78 is 1.21. The molecule has 1 aliphatic heterocycles. The van der Waals surface area contributed by atoms with Gasteiger partial charge >= 0.3 is 0 Å². The lowest BCUT2D eigenvalue weighted by molar-refractivity contribution is -0.125. The van der Waals surface area contributed by atoms with Crippen molar-refractivity contribution in [3.8, 4) is 0 Å². The minimum absolute atomic E-state index is 0.175. The van der Waals surface area contributed by atoms with Gasteiger partial charge in [0, 0.05) is 18.4 Å². The number of nitrogens with zero attached hydrogens (tertiary/aromatic N) is 1. The molecule has 1 amide bonds. The first kappa shape index (κ1) is 14.5. The van der Waals surface area contributed by atoms with Gasteiger partial charge in [-0.2, -0.15) is 0 Å². The Morgan fingerprint density at radius 1 is 1.43 bits per heavy atom. The molecule has 1 saturated heterocycles. The number of carbonyl (C=O) groups excluding carboxylic acids is 1. The summed E-state index contributed by atoms with van der Waals surface area (Å²) in [6.45, 7) is 4.69. The van der Waals surface area contributed by atoms with E-state index in [-0.39, 0.29) is 17.7 Å². The summed E-state index contributed by atoms with van der Waals surface area (Å²) in [5, 5.41) is 7.48. The van der Waals surface area contributed by atoms with Crippen molar-refractivity contribution in [1.29, 1.82) is 0 Å². The van der Waals surface area contributed by atoms with E-state index in [1.165, 1.54) is 4.70 Å². The maximum absolute atomic E-state index is 12.2. The Morgan fingerprint density at radius 3 is 2.95 bits per heavy atom. The van der Waals surface area contributed by atoms with Crippen molar-refractivity contribution >= 4 is 27.5 Å². The van der Waals surface area contributed by atoms with Crippen molar-refractivity contribution in [2.24, 2.45) is 5.92 Å². The van der Waals surface area contributed by atoms with Crippen LogP contribution in [0.25, 0.3) is 10.2 Å². The summed E-state index contributed by atoms with van der Waals surface area (Å²) in [5.41, 5.74) is 1.05. The highest BCUT2D eigenvalue weighted by molar-refractivity contribution is 7.18. The molecule has 0 spiro atoms. The van der Waals surface area contributed by atoms with E-state index in [4.69, 9.17) is 0 Å². The number of rotatable bonds is 4. The van der Waals surface area contributed by atoms with Crippen molar-refractivity contribution in [2.75, 3.05) is 19.6 Å². The van der Waals surface area contributed by atoms with Crippen LogP contribution in [-0.4, -0.2) is 30.5 Å². The van der Waals surface area contributed by atoms with Gasteiger partial charge in [-0.25, -0.2) is 4.98 Å². The largest absolute Gasteiger partial charge is 0.355 e. The van der Waals surface area contributed by atoms with Gasteiger partial charge in [0.25, 0.3) is 0 Å². The van der Waals surface area contributed by atoms with Crippen molar-refractivity contribution < 1.29 is 4.79 Å². The van der Waals surface area contributed by atoms with E-state index in [0.717, 1.165) is 36.5 Å². The van der Waals surface area contributed by atoms with Gasteiger partial charge in [-0.1, -0.05) is 19.1 Å². The van der Waals surface area contributed by atoms with Crippen LogP contribution >= 0.6 is 11.3 Å². The van der Waals surface area contributed by atoms with E-state index < -0.39 is 0 Å². The Hall–Kier alpha value is -1.46. The smallest absolute Gasteiger partial charge is 0.223 e. The summed E-state index contributed by atoms with van der Waals surface area (Å²) in [5.74, 6) is 0.631. The predicted octanol–water partition coefficient (Wildman–Crippen LogP) is 2.52. The molecule has 0 saturated carbocycles. The summed E-state index contributed by atoms with van der Waals surface area (Å²) in [4.78, 5) is 16.8. The zero-order valence-electron chi connectivity index (χ0n) is 12.3. The van der Waals surface area contributed by atoms with Gasteiger partial charge < -0.3 is 10.6 Å². The molecule has 3 rings (SSSR count). The van der Waals surface area contributed by atoms with Crippen molar-refractivity contribution in [3.63, 3.8) is 0 Å². The maximum atomic E-state index is 12.2. The van der Waals surface area contributed by atoms with E-state index in [0.29, 0.717) is 6.54 Å². The Kier molecular flexibility index (Phi) is 4.51. The standard InChI is InChI=1S/C16H21N3OS/c1-11(10-18-15(20)12-6-8-17-9-7-12)16-19-13-4-2-3-5-14(13)21-16/h2-5,11-12,17H,6-10H2,1H3,(H,18,20)/t11-/m0/s1. The Morgan fingerprint density at radius 2 is 2.19 bits per heavy atom. The molecule has 1 aromatic heterocycles. The highest BCUT2D eigenvalue weighted by Gasteiger charge is 2.21. The molecular formula is C16H21N3OS. The highest BCUT2D eigenvalue weighted by atomic mass is 32.1. The van der Waals surface area contributed by atoms with Crippen LogP contribution < -0.4 is 10.6 Å². The minimum Gasteiger partial charge on any atom is -0.355 e. The van der Waals surface area contributed by atoms with Crippen molar-refractivity contribution in [2.45, 2.75) is 25.7 Å². The SMILES string of the molecule is C[C@@H](CNC(=O)C1CCNCC1)c1nc2ccccc2s1. The molecule has 0 aliphatic carbocycles. The normalized spacial score (nSPS) is 17.8. The molecule has 21 heavy (non-hydrogen) atoms. The predicted molar refractivity (Wildman–Crippen MR) is 86.6 cm³/mol. The molecule has 0 unspecified atom stereocenters. The van der Waals surface area contributed by atoms with Gasteiger partial charge in [-0.3, -0.25) is 4.79 Å². The quantitative estimate of drug-likeness (QED) is 0.912. The van der Waals surface area contributed by atoms with E-state index in [1.807, 2.05) is 18.2 Å². The first-order valence-electron chi connectivity index (χ1n) is 7.58. The molecule has 2 N–H and O–H groups in total. The van der Waals surface area contributed by atoms with E-state index in [2.05, 4.69) is 28.6 Å². The number of para-hydroxylation sites is 1. The number of amides is 1. The topological polar surface area (TPSA) is 54.0 Å². The number of thiazole rings is 1. The van der Waals surface area contributed by atoms with Crippen LogP contribution in [0.2, 0.25) is 0 Å². The third kappa shape index (κ3) is 3.41. The summed E-state index contributed by atoms with van der Waals surface area (Å²) >= 11 is 1.72. The van der Waals surface area contributed by atoms with Crippen molar-refractivity contribution in [3.05, 3.63) is 29.3 Å². The van der Waals surface area contributed by atoms with Gasteiger partial charge in [-0.15, -0.1) is 11.3 Å². The number of benzene rings is 1. The van der Waals surface area contributed by atoms with Gasteiger partial charge in [0.2, 0.25) is 5.91 Å². The first-order valence-corrected chi connectivity index (χ1v) is 8.39. The zero-order chi connectivity index (χ0) is 14.7. The van der Waals surface area contributed by atoms with E-state index in [1.54, 1.807) is 11.3 Å². The lowest BCUT2D eigenvalue weighted by Crippen LogP contribution is -2.39. The van der Waals surface area contributed by atoms with Crippen LogP contribution in [0.1, 0.15) is 30.7 Å². The Labute approximate surface area is 129 Å². The number of carbonyl (C=O) groups is 1. The van der Waals surface area contributed by atoms with Crippen LogP contribution in [-0.2, 0) is 4.79 Å². The fourth-order valence-electron chi connectivity index (χ4n) is 2.67. The third-order valence-corrected chi connectivity index (χ3v) is 5.29. The molecule has 2 aromatic rings. The zero-order valence-corrected chi connectivity index (χ0v) is 13.1. The number of hydrogen-bond acceptors (Lipinski definition) is 4. The molecule has 1 fully saturated rings. The number of aromatic nitrogens is 1. The average Bonchev–Trinajstić information content (AvgIpc) is 2.97. The Balaban J connectivity index is 1.58.